The number of anilines is 2. The van der Waals surface area contributed by atoms with Gasteiger partial charge >= 0.3 is 6.03 Å². The summed E-state index contributed by atoms with van der Waals surface area (Å²) in [5, 5.41) is 2.47. The minimum absolute atomic E-state index is 0.00940. The number of amides is 3. The van der Waals surface area contributed by atoms with Crippen molar-refractivity contribution in [3.05, 3.63) is 48.0 Å². The lowest BCUT2D eigenvalue weighted by molar-refractivity contribution is -0.116. The quantitative estimate of drug-likeness (QED) is 0.838. The molecular formula is C18H19N3O5S. The standard InChI is InChI=1S/C18H19N3O5S/c1-12-3-6-15(7-4-12)27(24,25)20-18(23)19-14-5-8-17-16(11-14)21(13(2)22)9-10-26-17/h3-8,11H,9-10H2,1-2H3,(H2,19,20,23). The minimum Gasteiger partial charge on any atom is -0.490 e. The summed E-state index contributed by atoms with van der Waals surface area (Å²) in [4.78, 5) is 25.4. The number of hydrogen-bond acceptors (Lipinski definition) is 5. The summed E-state index contributed by atoms with van der Waals surface area (Å²) in [5.74, 6) is 0.373. The molecule has 1 aliphatic rings. The van der Waals surface area contributed by atoms with Crippen molar-refractivity contribution in [2.45, 2.75) is 18.7 Å². The summed E-state index contributed by atoms with van der Waals surface area (Å²) in [6.45, 7) is 4.06. The molecule has 0 fully saturated rings. The molecule has 0 aromatic heterocycles. The molecule has 3 amide bonds. The fourth-order valence-electron chi connectivity index (χ4n) is 2.68. The monoisotopic (exact) mass is 389 g/mol. The predicted octanol–water partition coefficient (Wildman–Crippen LogP) is 2.25. The van der Waals surface area contributed by atoms with E-state index in [2.05, 4.69) is 5.32 Å². The average molecular weight is 389 g/mol. The molecule has 2 aromatic carbocycles. The number of carbonyl (C=O) groups is 2. The van der Waals surface area contributed by atoms with Gasteiger partial charge in [0.15, 0.2) is 0 Å². The van der Waals surface area contributed by atoms with Crippen molar-refractivity contribution in [1.82, 2.24) is 4.72 Å². The largest absolute Gasteiger partial charge is 0.490 e. The van der Waals surface area contributed by atoms with Crippen molar-refractivity contribution in [2.24, 2.45) is 0 Å². The molecule has 2 aromatic rings. The molecule has 2 N–H and O–H groups in total. The number of benzene rings is 2. The Morgan fingerprint density at radius 2 is 1.81 bits per heavy atom. The normalized spacial score (nSPS) is 13.3. The van der Waals surface area contributed by atoms with Crippen LogP contribution in [0.25, 0.3) is 0 Å². The second kappa shape index (κ2) is 7.28. The van der Waals surface area contributed by atoms with Crippen LogP contribution in [0.5, 0.6) is 5.75 Å². The van der Waals surface area contributed by atoms with Crippen molar-refractivity contribution in [1.29, 1.82) is 0 Å². The first-order valence-corrected chi connectivity index (χ1v) is 9.70. The summed E-state index contributed by atoms with van der Waals surface area (Å²) in [6, 6.07) is 9.99. The van der Waals surface area contributed by atoms with Crippen molar-refractivity contribution < 1.29 is 22.7 Å². The Bertz CT molecular complexity index is 987. The van der Waals surface area contributed by atoms with E-state index in [-0.39, 0.29) is 10.8 Å². The van der Waals surface area contributed by atoms with Gasteiger partial charge in [-0.3, -0.25) is 4.79 Å². The molecule has 0 radical (unpaired) electrons. The lowest BCUT2D eigenvalue weighted by Crippen LogP contribution is -2.37. The van der Waals surface area contributed by atoms with E-state index in [4.69, 9.17) is 4.74 Å². The van der Waals surface area contributed by atoms with Gasteiger partial charge < -0.3 is 15.0 Å². The van der Waals surface area contributed by atoms with Crippen molar-refractivity contribution >= 4 is 33.3 Å². The molecule has 1 aliphatic heterocycles. The minimum atomic E-state index is -3.99. The summed E-state index contributed by atoms with van der Waals surface area (Å²) in [6.07, 6.45) is 0. The van der Waals surface area contributed by atoms with E-state index in [1.165, 1.54) is 24.0 Å². The van der Waals surface area contributed by atoms with E-state index in [1.54, 1.807) is 30.3 Å². The molecule has 0 saturated carbocycles. The maximum absolute atomic E-state index is 12.3. The van der Waals surface area contributed by atoms with Crippen molar-refractivity contribution in [3.8, 4) is 5.75 Å². The zero-order valence-corrected chi connectivity index (χ0v) is 15.7. The number of ether oxygens (including phenoxy) is 1. The van der Waals surface area contributed by atoms with Crippen LogP contribution in [0.4, 0.5) is 16.2 Å². The van der Waals surface area contributed by atoms with Crippen molar-refractivity contribution in [3.63, 3.8) is 0 Å². The number of nitrogens with zero attached hydrogens (tertiary/aromatic N) is 1. The van der Waals surface area contributed by atoms with E-state index < -0.39 is 16.1 Å². The Morgan fingerprint density at radius 1 is 1.11 bits per heavy atom. The summed E-state index contributed by atoms with van der Waals surface area (Å²) in [5.41, 5.74) is 1.76. The maximum atomic E-state index is 12.3. The molecule has 0 aliphatic carbocycles. The zero-order chi connectivity index (χ0) is 19.6. The lowest BCUT2D eigenvalue weighted by atomic mass is 10.2. The van der Waals surface area contributed by atoms with Gasteiger partial charge in [-0.25, -0.2) is 17.9 Å². The van der Waals surface area contributed by atoms with Crippen LogP contribution < -0.4 is 19.7 Å². The first-order chi connectivity index (χ1) is 12.8. The summed E-state index contributed by atoms with van der Waals surface area (Å²) >= 11 is 0. The number of aryl methyl sites for hydroxylation is 1. The first-order valence-electron chi connectivity index (χ1n) is 8.22. The number of rotatable bonds is 3. The van der Waals surface area contributed by atoms with E-state index in [0.29, 0.717) is 30.3 Å². The Balaban J connectivity index is 1.75. The average Bonchev–Trinajstić information content (AvgIpc) is 2.60. The van der Waals surface area contributed by atoms with Gasteiger partial charge in [-0.15, -0.1) is 0 Å². The molecule has 0 saturated heterocycles. The third-order valence-electron chi connectivity index (χ3n) is 4.02. The Kier molecular flexibility index (Phi) is 5.04. The van der Waals surface area contributed by atoms with Crippen LogP contribution >= 0.6 is 0 Å². The number of nitrogens with one attached hydrogen (secondary N) is 2. The third kappa shape index (κ3) is 4.20. The fraction of sp³-hybridized carbons (Fsp3) is 0.222. The van der Waals surface area contributed by atoms with Gasteiger partial charge in [-0.1, -0.05) is 17.7 Å². The Hall–Kier alpha value is -3.07. The summed E-state index contributed by atoms with van der Waals surface area (Å²) in [7, 11) is -3.99. The molecule has 0 unspecified atom stereocenters. The lowest BCUT2D eigenvalue weighted by Gasteiger charge is -2.29. The predicted molar refractivity (Wildman–Crippen MR) is 100 cm³/mol. The summed E-state index contributed by atoms with van der Waals surface area (Å²) < 4.78 is 32.0. The van der Waals surface area contributed by atoms with E-state index in [0.717, 1.165) is 5.56 Å². The second-order valence-corrected chi connectivity index (χ2v) is 7.76. The van der Waals surface area contributed by atoms with Gasteiger partial charge in [0.05, 0.1) is 17.1 Å². The molecule has 27 heavy (non-hydrogen) atoms. The first kappa shape index (κ1) is 18.7. The Labute approximate surface area is 157 Å². The molecule has 9 heteroatoms. The van der Waals surface area contributed by atoms with Gasteiger partial charge in [0, 0.05) is 12.6 Å². The number of carbonyl (C=O) groups excluding carboxylic acids is 2. The molecule has 0 bridgehead atoms. The molecule has 0 atom stereocenters. The third-order valence-corrected chi connectivity index (χ3v) is 5.37. The smallest absolute Gasteiger partial charge is 0.333 e. The van der Waals surface area contributed by atoms with Gasteiger partial charge in [0.2, 0.25) is 5.91 Å². The van der Waals surface area contributed by atoms with Gasteiger partial charge in [0.1, 0.15) is 12.4 Å². The Morgan fingerprint density at radius 3 is 2.48 bits per heavy atom. The van der Waals surface area contributed by atoms with Crippen LogP contribution in [0.1, 0.15) is 12.5 Å². The number of hydrogen-bond donors (Lipinski definition) is 2. The van der Waals surface area contributed by atoms with Crippen LogP contribution in [-0.2, 0) is 14.8 Å². The fourth-order valence-corrected chi connectivity index (χ4v) is 3.58. The van der Waals surface area contributed by atoms with Crippen molar-refractivity contribution in [2.75, 3.05) is 23.4 Å². The van der Waals surface area contributed by atoms with E-state index in [1.807, 2.05) is 11.6 Å². The molecule has 0 spiro atoms. The second-order valence-electron chi connectivity index (χ2n) is 6.07. The van der Waals surface area contributed by atoms with Crippen LogP contribution in [-0.4, -0.2) is 33.5 Å². The molecular weight excluding hydrogens is 370 g/mol. The highest BCUT2D eigenvalue weighted by atomic mass is 32.2. The highest BCUT2D eigenvalue weighted by Crippen LogP contribution is 2.34. The van der Waals surface area contributed by atoms with Crippen LogP contribution in [0.3, 0.4) is 0 Å². The highest BCUT2D eigenvalue weighted by Gasteiger charge is 2.22. The van der Waals surface area contributed by atoms with Crippen LogP contribution in [0.15, 0.2) is 47.4 Å². The van der Waals surface area contributed by atoms with Gasteiger partial charge in [0.25, 0.3) is 10.0 Å². The number of fused-ring (bicyclic) bond motifs is 1. The van der Waals surface area contributed by atoms with E-state index >= 15 is 0 Å². The zero-order valence-electron chi connectivity index (χ0n) is 14.9. The SMILES string of the molecule is CC(=O)N1CCOc2ccc(NC(=O)NS(=O)(=O)c3ccc(C)cc3)cc21. The topological polar surface area (TPSA) is 105 Å². The highest BCUT2D eigenvalue weighted by molar-refractivity contribution is 7.90. The maximum Gasteiger partial charge on any atom is 0.333 e. The van der Waals surface area contributed by atoms with Gasteiger partial charge in [-0.2, -0.15) is 0 Å². The van der Waals surface area contributed by atoms with E-state index in [9.17, 15) is 18.0 Å². The van der Waals surface area contributed by atoms with Crippen LogP contribution in [0, 0.1) is 6.92 Å². The number of urea groups is 1. The molecule has 142 valence electrons. The van der Waals surface area contributed by atoms with Gasteiger partial charge in [-0.05, 0) is 37.3 Å². The van der Waals surface area contributed by atoms with Crippen LogP contribution in [0.2, 0.25) is 0 Å². The molecule has 8 nitrogen and oxygen atoms in total. The molecule has 1 heterocycles. The number of sulfonamides is 1. The molecule has 3 rings (SSSR count).